The Balaban J connectivity index is 2.25. The van der Waals surface area contributed by atoms with Crippen LogP contribution in [0.1, 0.15) is 17.5 Å². The number of hydrogen-bond acceptors (Lipinski definition) is 2. The van der Waals surface area contributed by atoms with E-state index >= 15 is 0 Å². The van der Waals surface area contributed by atoms with E-state index in [2.05, 4.69) is 12.1 Å². The largest absolute Gasteiger partial charge is 0.377 e. The molecule has 1 aliphatic heterocycles. The van der Waals surface area contributed by atoms with Crippen molar-refractivity contribution >= 4 is 5.57 Å². The van der Waals surface area contributed by atoms with Gasteiger partial charge in [-0.25, -0.2) is 0 Å². The highest BCUT2D eigenvalue weighted by Crippen LogP contribution is 2.21. The summed E-state index contributed by atoms with van der Waals surface area (Å²) in [6, 6.07) is 9.81. The monoisotopic (exact) mass is 185 g/mol. The Bertz CT molecular complexity index is 384. The third kappa shape index (κ3) is 1.84. The predicted octanol–water partition coefficient (Wildman–Crippen LogP) is 2.36. The van der Waals surface area contributed by atoms with Gasteiger partial charge in [0.25, 0.3) is 0 Å². The zero-order chi connectivity index (χ0) is 9.80. The molecule has 2 heteroatoms. The summed E-state index contributed by atoms with van der Waals surface area (Å²) in [7, 11) is 0. The maximum atomic E-state index is 8.65. The number of nitriles is 1. The molecule has 2 nitrogen and oxygen atoms in total. The van der Waals surface area contributed by atoms with Crippen molar-refractivity contribution in [3.63, 3.8) is 0 Å². The van der Waals surface area contributed by atoms with Crippen molar-refractivity contribution in [1.29, 1.82) is 5.26 Å². The summed E-state index contributed by atoms with van der Waals surface area (Å²) in [5, 5.41) is 8.65. The molecule has 0 radical (unpaired) electrons. The average Bonchev–Trinajstić information content (AvgIpc) is 2.30. The number of hydrogen-bond donors (Lipinski definition) is 0. The van der Waals surface area contributed by atoms with Crippen molar-refractivity contribution in [2.24, 2.45) is 0 Å². The highest BCUT2D eigenvalue weighted by atomic mass is 16.5. The van der Waals surface area contributed by atoms with E-state index in [9.17, 15) is 0 Å². The fourth-order valence-electron chi connectivity index (χ4n) is 1.55. The third-order valence-corrected chi connectivity index (χ3v) is 2.35. The van der Waals surface area contributed by atoms with Crippen molar-refractivity contribution in [1.82, 2.24) is 0 Å². The second-order valence-corrected chi connectivity index (χ2v) is 3.24. The van der Waals surface area contributed by atoms with Crippen molar-refractivity contribution in [2.45, 2.75) is 6.42 Å². The molecule has 2 rings (SSSR count). The third-order valence-electron chi connectivity index (χ3n) is 2.35. The van der Waals surface area contributed by atoms with Crippen LogP contribution in [0.2, 0.25) is 0 Å². The minimum absolute atomic E-state index is 0.704. The Morgan fingerprint density at radius 2 is 2.00 bits per heavy atom. The molecule has 0 N–H and O–H groups in total. The highest BCUT2D eigenvalue weighted by molar-refractivity contribution is 5.66. The summed E-state index contributed by atoms with van der Waals surface area (Å²) in [6.07, 6.45) is 3.07. The smallest absolute Gasteiger partial charge is 0.0991 e. The van der Waals surface area contributed by atoms with Crippen LogP contribution in [0.5, 0.6) is 0 Å². The Hall–Kier alpha value is -1.59. The van der Waals surface area contributed by atoms with Gasteiger partial charge in [-0.1, -0.05) is 18.2 Å². The molecule has 0 amide bonds. The first-order valence-electron chi connectivity index (χ1n) is 4.67. The van der Waals surface area contributed by atoms with Gasteiger partial charge in [0.05, 0.1) is 24.8 Å². The lowest BCUT2D eigenvalue weighted by Crippen LogP contribution is -2.03. The summed E-state index contributed by atoms with van der Waals surface area (Å²) < 4.78 is 5.24. The molecule has 70 valence electrons. The number of benzene rings is 1. The molecule has 1 heterocycles. The molecule has 0 aliphatic carbocycles. The fourth-order valence-corrected chi connectivity index (χ4v) is 1.55. The molecule has 1 aromatic carbocycles. The summed E-state index contributed by atoms with van der Waals surface area (Å²) in [6.45, 7) is 1.50. The summed E-state index contributed by atoms with van der Waals surface area (Å²) in [4.78, 5) is 0. The van der Waals surface area contributed by atoms with E-state index in [0.717, 1.165) is 13.0 Å². The number of nitrogens with zero attached hydrogens (tertiary/aromatic N) is 1. The van der Waals surface area contributed by atoms with E-state index in [1.54, 1.807) is 0 Å². The van der Waals surface area contributed by atoms with Crippen LogP contribution in [-0.4, -0.2) is 13.2 Å². The van der Waals surface area contributed by atoms with Gasteiger partial charge in [0.1, 0.15) is 0 Å². The van der Waals surface area contributed by atoms with Gasteiger partial charge >= 0.3 is 0 Å². The Morgan fingerprint density at radius 3 is 2.57 bits per heavy atom. The first-order chi connectivity index (χ1) is 6.90. The molecule has 0 saturated heterocycles. The maximum absolute atomic E-state index is 8.65. The van der Waals surface area contributed by atoms with Crippen LogP contribution >= 0.6 is 0 Å². The summed E-state index contributed by atoms with van der Waals surface area (Å²) in [5.74, 6) is 0. The first-order valence-corrected chi connectivity index (χ1v) is 4.67. The second-order valence-electron chi connectivity index (χ2n) is 3.24. The summed E-state index contributed by atoms with van der Waals surface area (Å²) in [5.41, 5.74) is 3.23. The van der Waals surface area contributed by atoms with E-state index in [1.165, 1.54) is 11.1 Å². The lowest BCUT2D eigenvalue weighted by atomic mass is 10.0. The van der Waals surface area contributed by atoms with Gasteiger partial charge < -0.3 is 4.74 Å². The zero-order valence-electron chi connectivity index (χ0n) is 7.86. The van der Waals surface area contributed by atoms with Crippen LogP contribution < -0.4 is 0 Å². The molecular formula is C12H11NO. The maximum Gasteiger partial charge on any atom is 0.0991 e. The van der Waals surface area contributed by atoms with Crippen molar-refractivity contribution in [2.75, 3.05) is 13.2 Å². The molecule has 0 fully saturated rings. The molecule has 14 heavy (non-hydrogen) atoms. The quantitative estimate of drug-likeness (QED) is 0.672. The lowest BCUT2D eigenvalue weighted by Gasteiger charge is -2.13. The van der Waals surface area contributed by atoms with Gasteiger partial charge in [-0.15, -0.1) is 0 Å². The second kappa shape index (κ2) is 4.08. The van der Waals surface area contributed by atoms with Gasteiger partial charge in [-0.3, -0.25) is 0 Å². The zero-order valence-corrected chi connectivity index (χ0v) is 7.86. The Labute approximate surface area is 83.4 Å². The topological polar surface area (TPSA) is 33.0 Å². The normalized spacial score (nSPS) is 15.8. The van der Waals surface area contributed by atoms with Crippen molar-refractivity contribution in [3.8, 4) is 6.07 Å². The molecule has 0 aromatic heterocycles. The van der Waals surface area contributed by atoms with Crippen LogP contribution in [0.3, 0.4) is 0 Å². The van der Waals surface area contributed by atoms with E-state index < -0.39 is 0 Å². The van der Waals surface area contributed by atoms with E-state index in [0.29, 0.717) is 12.2 Å². The molecule has 1 aromatic rings. The van der Waals surface area contributed by atoms with E-state index in [4.69, 9.17) is 10.00 Å². The fraction of sp³-hybridized carbons (Fsp3) is 0.250. The van der Waals surface area contributed by atoms with Crippen LogP contribution in [0, 0.1) is 11.3 Å². The van der Waals surface area contributed by atoms with E-state index in [1.807, 2.05) is 24.3 Å². The lowest BCUT2D eigenvalue weighted by molar-refractivity contribution is 0.161. The first kappa shape index (κ1) is 8.98. The molecule has 0 unspecified atom stereocenters. The van der Waals surface area contributed by atoms with Crippen molar-refractivity contribution < 1.29 is 4.74 Å². The van der Waals surface area contributed by atoms with E-state index in [-0.39, 0.29) is 0 Å². The molecule has 0 spiro atoms. The van der Waals surface area contributed by atoms with Gasteiger partial charge in [0.2, 0.25) is 0 Å². The SMILES string of the molecule is N#Cc1ccc(C2=CCOCC2)cc1. The van der Waals surface area contributed by atoms with Crippen LogP contribution in [-0.2, 0) is 4.74 Å². The Morgan fingerprint density at radius 1 is 1.21 bits per heavy atom. The molecule has 0 atom stereocenters. The number of rotatable bonds is 1. The van der Waals surface area contributed by atoms with Gasteiger partial charge in [-0.2, -0.15) is 5.26 Å². The van der Waals surface area contributed by atoms with Crippen LogP contribution in [0.4, 0.5) is 0 Å². The standard InChI is InChI=1S/C12H11NO/c13-9-10-1-3-11(4-2-10)12-5-7-14-8-6-12/h1-5H,6-8H2. The molecule has 0 bridgehead atoms. The minimum Gasteiger partial charge on any atom is -0.377 e. The van der Waals surface area contributed by atoms with Gasteiger partial charge in [0.15, 0.2) is 0 Å². The average molecular weight is 185 g/mol. The minimum atomic E-state index is 0.704. The predicted molar refractivity (Wildman–Crippen MR) is 54.6 cm³/mol. The highest BCUT2D eigenvalue weighted by Gasteiger charge is 2.05. The Kier molecular flexibility index (Phi) is 2.62. The van der Waals surface area contributed by atoms with Crippen LogP contribution in [0.15, 0.2) is 30.3 Å². The molecule has 0 saturated carbocycles. The van der Waals surface area contributed by atoms with Gasteiger partial charge in [0, 0.05) is 0 Å². The van der Waals surface area contributed by atoms with Crippen molar-refractivity contribution in [3.05, 3.63) is 41.5 Å². The van der Waals surface area contributed by atoms with Gasteiger partial charge in [-0.05, 0) is 29.7 Å². The number of ether oxygens (including phenoxy) is 1. The van der Waals surface area contributed by atoms with Crippen LogP contribution in [0.25, 0.3) is 5.57 Å². The summed E-state index contributed by atoms with van der Waals surface area (Å²) >= 11 is 0. The molecular weight excluding hydrogens is 174 g/mol. The molecule has 1 aliphatic rings.